The molecule has 38 heavy (non-hydrogen) atoms. The van der Waals surface area contributed by atoms with Gasteiger partial charge in [-0.05, 0) is 48.5 Å². The lowest BCUT2D eigenvalue weighted by Gasteiger charge is -2.36. The molecule has 3 amide bonds. The summed E-state index contributed by atoms with van der Waals surface area (Å²) in [7, 11) is 0. The Morgan fingerprint density at radius 1 is 0.711 bits per heavy atom. The molecule has 4 atom stereocenters. The molecule has 2 fully saturated rings. The van der Waals surface area contributed by atoms with Crippen LogP contribution in [0.3, 0.4) is 0 Å². The van der Waals surface area contributed by atoms with Gasteiger partial charge in [0.1, 0.15) is 16.3 Å². The summed E-state index contributed by atoms with van der Waals surface area (Å²) in [5.74, 6) is -6.36. The molecule has 1 saturated heterocycles. The van der Waals surface area contributed by atoms with Crippen LogP contribution < -0.4 is 0 Å². The molecule has 1 heterocycles. The van der Waals surface area contributed by atoms with Gasteiger partial charge in [-0.15, -0.1) is 23.2 Å². The van der Waals surface area contributed by atoms with Crippen LogP contribution in [-0.2, 0) is 9.59 Å². The van der Waals surface area contributed by atoms with Crippen molar-refractivity contribution in [3.8, 4) is 0 Å². The molecule has 14 heteroatoms. The fourth-order valence-electron chi connectivity index (χ4n) is 5.06. The summed E-state index contributed by atoms with van der Waals surface area (Å²) in [6.07, 6.45) is 0. The number of hydrogen-bond acceptors (Lipinski definition) is 4. The van der Waals surface area contributed by atoms with E-state index in [1.165, 1.54) is 48.5 Å². The van der Waals surface area contributed by atoms with Crippen molar-refractivity contribution in [3.05, 3.63) is 79.8 Å². The molecule has 2 bridgehead atoms. The fraction of sp³-hybridized carbons (Fsp3) is 0.250. The van der Waals surface area contributed by atoms with Crippen molar-refractivity contribution in [1.82, 2.24) is 10.0 Å². The van der Waals surface area contributed by atoms with Crippen LogP contribution in [0.2, 0.25) is 10.0 Å². The number of halogens is 8. The number of nitrogens with zero attached hydrogens (tertiary/aromatic N) is 2. The second kappa shape index (κ2) is 9.42. The number of rotatable bonds is 5. The SMILES string of the molecule is O=C(CN(C(=O)c1ccc(Cl)cc1)N1C(=O)[C@@H]2[C@@H](C1=O)[C@@]1(Cl)C(Cl)=C(Cl)[C@@]2(Cl)C1(Cl)Cl)c1ccc(Cl)cc1. The molecule has 0 radical (unpaired) electrons. The lowest BCUT2D eigenvalue weighted by molar-refractivity contribution is -0.154. The second-order valence-electron chi connectivity index (χ2n) is 8.87. The molecule has 198 valence electrons. The third-order valence-corrected chi connectivity index (χ3v) is 11.7. The van der Waals surface area contributed by atoms with Crippen LogP contribution >= 0.6 is 92.8 Å². The zero-order valence-electron chi connectivity index (χ0n) is 18.5. The number of hydrogen-bond donors (Lipinski definition) is 0. The molecule has 2 aromatic rings. The van der Waals surface area contributed by atoms with Crippen LogP contribution in [0, 0.1) is 11.8 Å². The van der Waals surface area contributed by atoms with Gasteiger partial charge in [0.05, 0.1) is 21.9 Å². The van der Waals surface area contributed by atoms with Crippen LogP contribution in [0.25, 0.3) is 0 Å². The van der Waals surface area contributed by atoms with Gasteiger partial charge in [0.25, 0.3) is 17.7 Å². The van der Waals surface area contributed by atoms with Crippen molar-refractivity contribution in [2.45, 2.75) is 14.1 Å². The Kier molecular flexibility index (Phi) is 7.02. The average molecular weight is 676 g/mol. The van der Waals surface area contributed by atoms with E-state index in [1.807, 2.05) is 0 Å². The van der Waals surface area contributed by atoms with E-state index in [2.05, 4.69) is 0 Å². The molecule has 2 aromatic carbocycles. The Hall–Kier alpha value is -1.22. The smallest absolute Gasteiger partial charge is 0.273 e. The Morgan fingerprint density at radius 2 is 1.11 bits per heavy atom. The third-order valence-electron chi connectivity index (χ3n) is 6.91. The lowest BCUT2D eigenvalue weighted by Crippen LogP contribution is -2.56. The molecule has 0 spiro atoms. The van der Waals surface area contributed by atoms with Crippen molar-refractivity contribution in [3.63, 3.8) is 0 Å². The summed E-state index contributed by atoms with van der Waals surface area (Å²) in [5, 5.41) is 1.42. The number of allylic oxidation sites excluding steroid dienone is 2. The number of Topliss-reactive ketones (excluding diaryl/α,β-unsaturated/α-hetero) is 1. The van der Waals surface area contributed by atoms with Gasteiger partial charge in [0.15, 0.2) is 10.1 Å². The minimum absolute atomic E-state index is 0.0401. The van der Waals surface area contributed by atoms with E-state index in [4.69, 9.17) is 92.8 Å². The number of ketones is 1. The van der Waals surface area contributed by atoms with E-state index in [1.54, 1.807) is 0 Å². The summed E-state index contributed by atoms with van der Waals surface area (Å²) in [6.45, 7) is -0.702. The van der Waals surface area contributed by atoms with Gasteiger partial charge >= 0.3 is 0 Å². The number of carbonyl (C=O) groups is 4. The molecule has 0 unspecified atom stereocenters. The van der Waals surface area contributed by atoms with E-state index in [-0.39, 0.29) is 21.2 Å². The van der Waals surface area contributed by atoms with Crippen LogP contribution in [0.1, 0.15) is 20.7 Å². The predicted octanol–water partition coefficient (Wildman–Crippen LogP) is 6.68. The zero-order chi connectivity index (χ0) is 27.9. The molecule has 0 N–H and O–H groups in total. The molecule has 2 aliphatic carbocycles. The topological polar surface area (TPSA) is 74.8 Å². The van der Waals surface area contributed by atoms with Gasteiger partial charge in [0, 0.05) is 21.2 Å². The van der Waals surface area contributed by atoms with Crippen molar-refractivity contribution in [1.29, 1.82) is 0 Å². The molecule has 6 nitrogen and oxygen atoms in total. The monoisotopic (exact) mass is 672 g/mol. The van der Waals surface area contributed by atoms with E-state index in [0.29, 0.717) is 15.1 Å². The largest absolute Gasteiger partial charge is 0.292 e. The van der Waals surface area contributed by atoms with E-state index >= 15 is 0 Å². The number of fused-ring (bicyclic) bond motifs is 5. The van der Waals surface area contributed by atoms with Gasteiger partial charge < -0.3 is 0 Å². The Balaban J connectivity index is 1.59. The minimum atomic E-state index is -2.14. The van der Waals surface area contributed by atoms with Crippen molar-refractivity contribution >= 4 is 116 Å². The van der Waals surface area contributed by atoms with E-state index < -0.39 is 56.0 Å². The number of carbonyl (C=O) groups excluding carboxylic acids is 4. The highest BCUT2D eigenvalue weighted by Crippen LogP contribution is 2.77. The summed E-state index contributed by atoms with van der Waals surface area (Å²) in [6, 6.07) is 11.5. The minimum Gasteiger partial charge on any atom is -0.292 e. The predicted molar refractivity (Wildman–Crippen MR) is 147 cm³/mol. The molecule has 1 aliphatic heterocycles. The maximum atomic E-state index is 13.8. The molecule has 5 rings (SSSR count). The first kappa shape index (κ1) is 28.3. The van der Waals surface area contributed by atoms with Crippen LogP contribution in [0.5, 0.6) is 0 Å². The molecule has 1 saturated carbocycles. The summed E-state index contributed by atoms with van der Waals surface area (Å²) in [5.41, 5.74) is 0.219. The van der Waals surface area contributed by atoms with Gasteiger partial charge in [0.2, 0.25) is 0 Å². The maximum Gasteiger partial charge on any atom is 0.273 e. The van der Waals surface area contributed by atoms with Gasteiger partial charge in [-0.25, -0.2) is 5.01 Å². The zero-order valence-corrected chi connectivity index (χ0v) is 24.6. The van der Waals surface area contributed by atoms with E-state index in [0.717, 1.165) is 5.01 Å². The summed E-state index contributed by atoms with van der Waals surface area (Å²) >= 11 is 51.1. The first-order valence-corrected chi connectivity index (χ1v) is 13.8. The Morgan fingerprint density at radius 3 is 1.53 bits per heavy atom. The van der Waals surface area contributed by atoms with Crippen molar-refractivity contribution in [2.24, 2.45) is 11.8 Å². The number of hydrazine groups is 1. The Labute approximate surface area is 256 Å². The normalized spacial score (nSPS) is 29.2. The van der Waals surface area contributed by atoms with Crippen LogP contribution in [0.15, 0.2) is 58.6 Å². The molecular weight excluding hydrogens is 664 g/mol. The highest BCUT2D eigenvalue weighted by atomic mass is 35.5. The third kappa shape index (κ3) is 3.61. The highest BCUT2D eigenvalue weighted by Gasteiger charge is 2.88. The first-order valence-electron chi connectivity index (χ1n) is 10.7. The van der Waals surface area contributed by atoms with Crippen molar-refractivity contribution in [2.75, 3.05) is 6.54 Å². The summed E-state index contributed by atoms with van der Waals surface area (Å²) < 4.78 is -2.14. The maximum absolute atomic E-state index is 13.8. The summed E-state index contributed by atoms with van der Waals surface area (Å²) in [4.78, 5) is 50.4. The number of imide groups is 1. The van der Waals surface area contributed by atoms with Gasteiger partial charge in [-0.1, -0.05) is 69.6 Å². The standard InChI is InChI=1S/C24H12Cl8N2O4/c25-12-5-1-10(2-6-12)14(35)9-33(19(36)11-3-7-13(26)8-4-11)34-20(37)15-16(21(34)38)23(30)18(28)17(27)22(15,29)24(23,31)32/h1-8,15-16H,9H2/t15-,16-,22+,23+/m0/s1. The first-order chi connectivity index (χ1) is 17.7. The quantitative estimate of drug-likeness (QED) is 0.201. The van der Waals surface area contributed by atoms with E-state index in [9.17, 15) is 19.2 Å². The van der Waals surface area contributed by atoms with Gasteiger partial charge in [-0.2, -0.15) is 5.01 Å². The Bertz CT molecular complexity index is 1400. The van der Waals surface area contributed by atoms with Gasteiger partial charge in [-0.3, -0.25) is 19.2 Å². The molecule has 0 aromatic heterocycles. The number of benzene rings is 2. The van der Waals surface area contributed by atoms with Crippen LogP contribution in [-0.4, -0.2) is 54.1 Å². The second-order valence-corrected chi connectivity index (χ2v) is 13.0. The average Bonchev–Trinajstić information content (AvgIpc) is 3.26. The van der Waals surface area contributed by atoms with Crippen molar-refractivity contribution < 1.29 is 19.2 Å². The number of alkyl halides is 4. The fourth-order valence-corrected chi connectivity index (χ4v) is 8.24. The lowest BCUT2D eigenvalue weighted by atomic mass is 9.84. The number of amides is 3. The molecule has 3 aliphatic rings. The highest BCUT2D eigenvalue weighted by molar-refractivity contribution is 6.66. The van der Waals surface area contributed by atoms with Crippen LogP contribution in [0.4, 0.5) is 0 Å². The molecular formula is C24H12Cl8N2O4.